The van der Waals surface area contributed by atoms with Crippen LogP contribution in [0.4, 0.5) is 18.9 Å². The molecule has 1 aromatic heterocycles. The number of nitrogens with one attached hydrogen (secondary N) is 2. The smallest absolute Gasteiger partial charge is 0.361 e. The van der Waals surface area contributed by atoms with Gasteiger partial charge >= 0.3 is 6.18 Å². The molecule has 2 amide bonds. The van der Waals surface area contributed by atoms with E-state index in [1.165, 1.54) is 12.1 Å². The molecular formula is C29H24F3N3O3. The van der Waals surface area contributed by atoms with Gasteiger partial charge in [-0.15, -0.1) is 0 Å². The number of carbonyl (C=O) groups excluding carboxylic acids is 2. The molecule has 1 aliphatic rings. The van der Waals surface area contributed by atoms with Gasteiger partial charge in [-0.25, -0.2) is 0 Å². The van der Waals surface area contributed by atoms with E-state index in [0.29, 0.717) is 52.2 Å². The molecule has 0 radical (unpaired) electrons. The van der Waals surface area contributed by atoms with E-state index in [9.17, 15) is 22.8 Å². The molecule has 5 rings (SSSR count). The summed E-state index contributed by atoms with van der Waals surface area (Å²) >= 11 is 0. The number of rotatable bonds is 5. The van der Waals surface area contributed by atoms with Crippen molar-refractivity contribution in [2.24, 2.45) is 0 Å². The van der Waals surface area contributed by atoms with Crippen LogP contribution in [0.2, 0.25) is 0 Å². The van der Waals surface area contributed by atoms with Crippen molar-refractivity contribution in [3.8, 4) is 11.1 Å². The molecule has 1 unspecified atom stereocenters. The highest BCUT2D eigenvalue weighted by molar-refractivity contribution is 6.08. The molecule has 0 saturated carbocycles. The van der Waals surface area contributed by atoms with Crippen LogP contribution in [0.15, 0.2) is 71.3 Å². The summed E-state index contributed by atoms with van der Waals surface area (Å²) in [4.78, 5) is 25.9. The first-order valence-corrected chi connectivity index (χ1v) is 12.0. The molecule has 0 fully saturated rings. The van der Waals surface area contributed by atoms with Crippen LogP contribution in [0, 0.1) is 13.8 Å². The summed E-state index contributed by atoms with van der Waals surface area (Å²) in [7, 11) is 0. The lowest BCUT2D eigenvalue weighted by Crippen LogP contribution is -2.35. The van der Waals surface area contributed by atoms with E-state index in [1.807, 2.05) is 12.1 Å². The topological polar surface area (TPSA) is 84.2 Å². The molecule has 0 aliphatic heterocycles. The van der Waals surface area contributed by atoms with E-state index < -0.39 is 11.7 Å². The van der Waals surface area contributed by atoms with Crippen LogP contribution in [0.5, 0.6) is 0 Å². The zero-order valence-corrected chi connectivity index (χ0v) is 20.6. The van der Waals surface area contributed by atoms with Gasteiger partial charge in [0.15, 0.2) is 0 Å². The first-order chi connectivity index (χ1) is 18.1. The number of nitrogens with zero attached hydrogens (tertiary/aromatic N) is 1. The fraction of sp³-hybridized carbons (Fsp3) is 0.207. The van der Waals surface area contributed by atoms with Crippen LogP contribution in [-0.2, 0) is 19.0 Å². The summed E-state index contributed by atoms with van der Waals surface area (Å²) in [6.07, 6.45) is -3.16. The Morgan fingerprint density at radius 3 is 2.32 bits per heavy atom. The van der Waals surface area contributed by atoms with Crippen molar-refractivity contribution in [3.05, 3.63) is 106 Å². The van der Waals surface area contributed by atoms with E-state index in [0.717, 1.165) is 23.3 Å². The number of benzene rings is 3. The van der Waals surface area contributed by atoms with Crippen LogP contribution in [-0.4, -0.2) is 23.0 Å². The second kappa shape index (κ2) is 9.81. The first-order valence-electron chi connectivity index (χ1n) is 12.0. The molecule has 38 heavy (non-hydrogen) atoms. The molecule has 0 bridgehead atoms. The second-order valence-electron chi connectivity index (χ2n) is 9.34. The maximum Gasteiger partial charge on any atom is 0.416 e. The number of alkyl halides is 3. The predicted octanol–water partition coefficient (Wildman–Crippen LogP) is 6.13. The molecule has 1 heterocycles. The molecule has 2 N–H and O–H groups in total. The summed E-state index contributed by atoms with van der Waals surface area (Å²) in [5.74, 6) is -0.133. The van der Waals surface area contributed by atoms with Crippen molar-refractivity contribution in [3.63, 3.8) is 0 Å². The Hall–Kier alpha value is -4.40. The van der Waals surface area contributed by atoms with E-state index in [2.05, 4.69) is 15.8 Å². The highest BCUT2D eigenvalue weighted by atomic mass is 19.4. The van der Waals surface area contributed by atoms with Crippen LogP contribution < -0.4 is 10.6 Å². The number of hydrogen-bond donors (Lipinski definition) is 2. The summed E-state index contributed by atoms with van der Waals surface area (Å²) in [6, 6.07) is 17.0. The number of hydrogen-bond acceptors (Lipinski definition) is 4. The van der Waals surface area contributed by atoms with Gasteiger partial charge in [0, 0.05) is 17.3 Å². The number of amides is 2. The van der Waals surface area contributed by atoms with Gasteiger partial charge in [0.25, 0.3) is 11.8 Å². The van der Waals surface area contributed by atoms with Gasteiger partial charge in [-0.05, 0) is 79.3 Å². The predicted molar refractivity (Wildman–Crippen MR) is 136 cm³/mol. The lowest BCUT2D eigenvalue weighted by atomic mass is 9.98. The van der Waals surface area contributed by atoms with Crippen molar-refractivity contribution in [2.75, 3.05) is 5.32 Å². The average Bonchev–Trinajstić information content (AvgIpc) is 3.44. The normalized spacial score (nSPS) is 14.7. The Bertz CT molecular complexity index is 1500. The molecule has 9 heteroatoms. The van der Waals surface area contributed by atoms with E-state index in [4.69, 9.17) is 4.52 Å². The van der Waals surface area contributed by atoms with Gasteiger partial charge in [0.1, 0.15) is 11.3 Å². The summed E-state index contributed by atoms with van der Waals surface area (Å²) < 4.78 is 44.0. The van der Waals surface area contributed by atoms with E-state index >= 15 is 0 Å². The quantitative estimate of drug-likeness (QED) is 0.332. The zero-order chi connectivity index (χ0) is 27.0. The zero-order valence-electron chi connectivity index (χ0n) is 20.6. The number of fused-ring (bicyclic) bond motifs is 1. The lowest BCUT2D eigenvalue weighted by molar-refractivity contribution is -0.137. The number of aryl methyl sites for hydroxylation is 2. The van der Waals surface area contributed by atoms with Crippen molar-refractivity contribution in [1.82, 2.24) is 10.5 Å². The number of aromatic nitrogens is 1. The Labute approximate surface area is 216 Å². The largest absolute Gasteiger partial charge is 0.416 e. The Kier molecular flexibility index (Phi) is 6.52. The van der Waals surface area contributed by atoms with Gasteiger partial charge in [-0.3, -0.25) is 9.59 Å². The molecule has 0 saturated heterocycles. The minimum Gasteiger partial charge on any atom is -0.361 e. The van der Waals surface area contributed by atoms with Crippen LogP contribution in [0.25, 0.3) is 11.1 Å². The van der Waals surface area contributed by atoms with E-state index in [-0.39, 0.29) is 17.9 Å². The molecule has 4 aromatic rings. The molecule has 1 aliphatic carbocycles. The maximum absolute atomic E-state index is 13.2. The SMILES string of the molecule is Cc1noc(C)c1C(=O)NC1Cc2ccc(NC(=O)c3ccccc3-c3ccc(C(F)(F)F)cc3)cc2C1. The second-order valence-corrected chi connectivity index (χ2v) is 9.34. The average molecular weight is 520 g/mol. The third kappa shape index (κ3) is 5.04. The third-order valence-electron chi connectivity index (χ3n) is 6.69. The highest BCUT2D eigenvalue weighted by Gasteiger charge is 2.30. The highest BCUT2D eigenvalue weighted by Crippen LogP contribution is 2.32. The van der Waals surface area contributed by atoms with Crippen LogP contribution in [0.1, 0.15) is 48.9 Å². The minimum absolute atomic E-state index is 0.0995. The maximum atomic E-state index is 13.2. The summed E-state index contributed by atoms with van der Waals surface area (Å²) in [6.45, 7) is 3.42. The lowest BCUT2D eigenvalue weighted by Gasteiger charge is -2.13. The van der Waals surface area contributed by atoms with Crippen molar-refractivity contribution >= 4 is 17.5 Å². The van der Waals surface area contributed by atoms with Gasteiger partial charge in [-0.1, -0.05) is 41.6 Å². The Balaban J connectivity index is 1.29. The van der Waals surface area contributed by atoms with Crippen molar-refractivity contribution in [2.45, 2.75) is 38.9 Å². The first kappa shape index (κ1) is 25.3. The standard InChI is InChI=1S/C29H24F3N3O3/c1-16-26(17(2)38-35-16)28(37)34-23-13-19-9-12-22(14-20(19)15-23)33-27(36)25-6-4-3-5-24(25)18-7-10-21(11-8-18)29(30,31)32/h3-12,14,23H,13,15H2,1-2H3,(H,33,36)(H,34,37). The van der Waals surface area contributed by atoms with Crippen molar-refractivity contribution in [1.29, 1.82) is 0 Å². The molecule has 1 atom stereocenters. The fourth-order valence-electron chi connectivity index (χ4n) is 4.83. The van der Waals surface area contributed by atoms with Crippen LogP contribution >= 0.6 is 0 Å². The monoisotopic (exact) mass is 519 g/mol. The molecule has 194 valence electrons. The van der Waals surface area contributed by atoms with Gasteiger partial charge in [-0.2, -0.15) is 13.2 Å². The molecule has 6 nitrogen and oxygen atoms in total. The molecule has 0 spiro atoms. The molecule has 3 aromatic carbocycles. The molecular weight excluding hydrogens is 495 g/mol. The van der Waals surface area contributed by atoms with E-state index in [1.54, 1.807) is 44.2 Å². The van der Waals surface area contributed by atoms with Gasteiger partial charge < -0.3 is 15.2 Å². The summed E-state index contributed by atoms with van der Waals surface area (Å²) in [5.41, 5.74) is 4.31. The minimum atomic E-state index is -4.43. The Morgan fingerprint density at radius 1 is 0.921 bits per heavy atom. The third-order valence-corrected chi connectivity index (χ3v) is 6.69. The van der Waals surface area contributed by atoms with Crippen LogP contribution in [0.3, 0.4) is 0 Å². The fourth-order valence-corrected chi connectivity index (χ4v) is 4.83. The summed E-state index contributed by atoms with van der Waals surface area (Å²) in [5, 5.41) is 9.77. The number of anilines is 1. The number of halogens is 3. The Morgan fingerprint density at radius 2 is 1.63 bits per heavy atom. The van der Waals surface area contributed by atoms with Gasteiger partial charge in [0.05, 0.1) is 11.3 Å². The number of carbonyl (C=O) groups is 2. The van der Waals surface area contributed by atoms with Gasteiger partial charge in [0.2, 0.25) is 0 Å². The van der Waals surface area contributed by atoms with Crippen molar-refractivity contribution < 1.29 is 27.3 Å².